The highest BCUT2D eigenvalue weighted by atomic mass is 16.7. The molecule has 1 unspecified atom stereocenters. The smallest absolute Gasteiger partial charge is 0.172 e. The number of hydrogen-bond donors (Lipinski definition) is 1. The Kier molecular flexibility index (Phi) is 6.12. The Bertz CT molecular complexity index is 364. The number of benzene rings is 1. The molecular weight excluding hydrogens is 230 g/mol. The second kappa shape index (κ2) is 7.36. The fourth-order valence-corrected chi connectivity index (χ4v) is 2.06. The summed E-state index contributed by atoms with van der Waals surface area (Å²) in [7, 11) is 6.88. The van der Waals surface area contributed by atoms with Gasteiger partial charge in [0.1, 0.15) is 5.75 Å². The Hall–Kier alpha value is -1.10. The molecule has 0 aliphatic carbocycles. The summed E-state index contributed by atoms with van der Waals surface area (Å²) >= 11 is 0. The Morgan fingerprint density at radius 2 is 1.83 bits per heavy atom. The maximum absolute atomic E-state index is 5.38. The van der Waals surface area contributed by atoms with Crippen LogP contribution in [0.25, 0.3) is 0 Å². The van der Waals surface area contributed by atoms with Crippen molar-refractivity contribution < 1.29 is 14.2 Å². The SMILES string of the molecule is CNC(Cc1cc(C)ccc1OC)C(OC)OC. The summed E-state index contributed by atoms with van der Waals surface area (Å²) in [5.41, 5.74) is 2.36. The summed E-state index contributed by atoms with van der Waals surface area (Å²) in [6, 6.07) is 6.24. The Balaban J connectivity index is 2.89. The second-order valence-corrected chi connectivity index (χ2v) is 4.25. The van der Waals surface area contributed by atoms with E-state index in [1.165, 1.54) is 5.56 Å². The molecule has 1 N–H and O–H groups in total. The third kappa shape index (κ3) is 3.70. The van der Waals surface area contributed by atoms with Crippen molar-refractivity contribution in [1.82, 2.24) is 5.32 Å². The number of nitrogens with one attached hydrogen (secondary N) is 1. The molecular formula is C14H23NO3. The molecule has 18 heavy (non-hydrogen) atoms. The molecule has 0 saturated carbocycles. The van der Waals surface area contributed by atoms with Crippen molar-refractivity contribution in [3.8, 4) is 5.75 Å². The monoisotopic (exact) mass is 253 g/mol. The molecule has 0 heterocycles. The molecule has 0 radical (unpaired) electrons. The zero-order chi connectivity index (χ0) is 13.5. The van der Waals surface area contributed by atoms with Gasteiger partial charge in [-0.1, -0.05) is 17.7 Å². The number of methoxy groups -OCH3 is 3. The first-order chi connectivity index (χ1) is 8.65. The van der Waals surface area contributed by atoms with E-state index in [4.69, 9.17) is 14.2 Å². The van der Waals surface area contributed by atoms with Crippen LogP contribution in [-0.4, -0.2) is 40.7 Å². The molecule has 0 fully saturated rings. The minimum Gasteiger partial charge on any atom is -0.496 e. The van der Waals surface area contributed by atoms with Crippen molar-refractivity contribution >= 4 is 0 Å². The van der Waals surface area contributed by atoms with E-state index in [1.54, 1.807) is 21.3 Å². The predicted octanol–water partition coefficient (Wildman–Crippen LogP) is 1.75. The lowest BCUT2D eigenvalue weighted by atomic mass is 10.0. The lowest BCUT2D eigenvalue weighted by Crippen LogP contribution is -2.41. The first-order valence-electron chi connectivity index (χ1n) is 6.02. The van der Waals surface area contributed by atoms with Gasteiger partial charge in [0.25, 0.3) is 0 Å². The summed E-state index contributed by atoms with van der Waals surface area (Å²) in [5.74, 6) is 0.895. The maximum atomic E-state index is 5.38. The van der Waals surface area contributed by atoms with Crippen molar-refractivity contribution in [3.63, 3.8) is 0 Å². The topological polar surface area (TPSA) is 39.7 Å². The van der Waals surface area contributed by atoms with E-state index in [2.05, 4.69) is 18.3 Å². The molecule has 1 aromatic carbocycles. The zero-order valence-corrected chi connectivity index (χ0v) is 11.8. The molecule has 102 valence electrons. The van der Waals surface area contributed by atoms with Crippen LogP contribution < -0.4 is 10.1 Å². The molecule has 0 spiro atoms. The first kappa shape index (κ1) is 15.0. The largest absolute Gasteiger partial charge is 0.496 e. The van der Waals surface area contributed by atoms with Crippen LogP contribution in [0.4, 0.5) is 0 Å². The molecule has 4 nitrogen and oxygen atoms in total. The van der Waals surface area contributed by atoms with Crippen LogP contribution in [0, 0.1) is 6.92 Å². The van der Waals surface area contributed by atoms with Crippen molar-refractivity contribution in [2.24, 2.45) is 0 Å². The Morgan fingerprint density at radius 3 is 2.33 bits per heavy atom. The minimum absolute atomic E-state index is 0.0794. The number of hydrogen-bond acceptors (Lipinski definition) is 4. The van der Waals surface area contributed by atoms with E-state index in [9.17, 15) is 0 Å². The minimum atomic E-state index is -0.278. The molecule has 0 aliphatic heterocycles. The van der Waals surface area contributed by atoms with E-state index in [0.717, 1.165) is 17.7 Å². The van der Waals surface area contributed by atoms with Crippen LogP contribution in [0.5, 0.6) is 5.75 Å². The van der Waals surface area contributed by atoms with E-state index >= 15 is 0 Å². The van der Waals surface area contributed by atoms with E-state index in [0.29, 0.717) is 0 Å². The summed E-state index contributed by atoms with van der Waals surface area (Å²) in [6.45, 7) is 2.07. The molecule has 4 heteroatoms. The molecule has 0 saturated heterocycles. The van der Waals surface area contributed by atoms with E-state index < -0.39 is 0 Å². The van der Waals surface area contributed by atoms with E-state index in [1.807, 2.05) is 19.2 Å². The van der Waals surface area contributed by atoms with Gasteiger partial charge >= 0.3 is 0 Å². The van der Waals surface area contributed by atoms with Gasteiger partial charge in [-0.3, -0.25) is 0 Å². The molecule has 1 rings (SSSR count). The highest BCUT2D eigenvalue weighted by Crippen LogP contribution is 2.22. The molecule has 1 atom stereocenters. The van der Waals surface area contributed by atoms with Crippen molar-refractivity contribution in [3.05, 3.63) is 29.3 Å². The normalized spacial score (nSPS) is 12.8. The number of likely N-dealkylation sites (N-methyl/N-ethyl adjacent to an activating group) is 1. The standard InChI is InChI=1S/C14H23NO3/c1-10-6-7-13(16-3)11(8-10)9-12(15-2)14(17-4)18-5/h6-8,12,14-15H,9H2,1-5H3. The van der Waals surface area contributed by atoms with Gasteiger partial charge in [0.05, 0.1) is 13.2 Å². The van der Waals surface area contributed by atoms with Gasteiger partial charge in [-0.25, -0.2) is 0 Å². The van der Waals surface area contributed by atoms with E-state index in [-0.39, 0.29) is 12.3 Å². The highest BCUT2D eigenvalue weighted by molar-refractivity contribution is 5.37. The molecule has 0 amide bonds. The summed E-state index contributed by atoms with van der Waals surface area (Å²) in [6.07, 6.45) is 0.508. The first-order valence-corrected chi connectivity index (χ1v) is 6.02. The maximum Gasteiger partial charge on any atom is 0.172 e. The molecule has 0 aromatic heterocycles. The highest BCUT2D eigenvalue weighted by Gasteiger charge is 2.21. The average Bonchev–Trinajstić information content (AvgIpc) is 2.39. The van der Waals surface area contributed by atoms with Gasteiger partial charge in [0.15, 0.2) is 6.29 Å². The number of aryl methyl sites for hydroxylation is 1. The van der Waals surface area contributed by atoms with Crippen LogP contribution in [0.2, 0.25) is 0 Å². The summed E-state index contributed by atoms with van der Waals surface area (Å²) in [4.78, 5) is 0. The van der Waals surface area contributed by atoms with Crippen LogP contribution in [0.15, 0.2) is 18.2 Å². The van der Waals surface area contributed by atoms with Gasteiger partial charge in [0.2, 0.25) is 0 Å². The second-order valence-electron chi connectivity index (χ2n) is 4.25. The fourth-order valence-electron chi connectivity index (χ4n) is 2.06. The predicted molar refractivity (Wildman–Crippen MR) is 72.1 cm³/mol. The van der Waals surface area contributed by atoms with Gasteiger partial charge in [0, 0.05) is 14.2 Å². The lowest BCUT2D eigenvalue weighted by molar-refractivity contribution is -0.121. The fraction of sp³-hybridized carbons (Fsp3) is 0.571. The van der Waals surface area contributed by atoms with Crippen LogP contribution >= 0.6 is 0 Å². The average molecular weight is 253 g/mol. The van der Waals surface area contributed by atoms with Crippen molar-refractivity contribution in [2.75, 3.05) is 28.4 Å². The third-order valence-electron chi connectivity index (χ3n) is 3.04. The zero-order valence-electron chi connectivity index (χ0n) is 11.8. The van der Waals surface area contributed by atoms with Gasteiger partial charge < -0.3 is 19.5 Å². The van der Waals surface area contributed by atoms with Crippen LogP contribution in [0.3, 0.4) is 0 Å². The van der Waals surface area contributed by atoms with Crippen LogP contribution in [0.1, 0.15) is 11.1 Å². The molecule has 0 bridgehead atoms. The Labute approximate surface area is 109 Å². The summed E-state index contributed by atoms with van der Waals surface area (Å²) < 4.78 is 16.0. The quantitative estimate of drug-likeness (QED) is 0.752. The van der Waals surface area contributed by atoms with Crippen molar-refractivity contribution in [2.45, 2.75) is 25.7 Å². The van der Waals surface area contributed by atoms with Gasteiger partial charge in [-0.2, -0.15) is 0 Å². The van der Waals surface area contributed by atoms with Crippen molar-refractivity contribution in [1.29, 1.82) is 0 Å². The van der Waals surface area contributed by atoms with Gasteiger partial charge in [-0.15, -0.1) is 0 Å². The number of rotatable bonds is 7. The molecule has 1 aromatic rings. The number of ether oxygens (including phenoxy) is 3. The van der Waals surface area contributed by atoms with Crippen LogP contribution in [-0.2, 0) is 15.9 Å². The third-order valence-corrected chi connectivity index (χ3v) is 3.04. The van der Waals surface area contributed by atoms with Gasteiger partial charge in [-0.05, 0) is 32.0 Å². The Morgan fingerprint density at radius 1 is 1.17 bits per heavy atom. The lowest BCUT2D eigenvalue weighted by Gasteiger charge is -2.25. The molecule has 0 aliphatic rings. The summed E-state index contributed by atoms with van der Waals surface area (Å²) in [5, 5.41) is 3.22.